The van der Waals surface area contributed by atoms with Crippen LogP contribution in [0.3, 0.4) is 0 Å². The van der Waals surface area contributed by atoms with Gasteiger partial charge in [0.25, 0.3) is 4.84 Å². The molecule has 27 heavy (non-hydrogen) atoms. The van der Waals surface area contributed by atoms with Crippen molar-refractivity contribution >= 4 is 18.2 Å². The highest BCUT2D eigenvalue weighted by atomic mass is 32.1. The molecule has 0 amide bonds. The first-order chi connectivity index (χ1) is 13.2. The lowest BCUT2D eigenvalue weighted by Gasteiger charge is -2.34. The van der Waals surface area contributed by atoms with E-state index in [2.05, 4.69) is 24.9 Å². The van der Waals surface area contributed by atoms with Crippen molar-refractivity contribution in [3.8, 4) is 17.2 Å². The fourth-order valence-electron chi connectivity index (χ4n) is 2.98. The van der Waals surface area contributed by atoms with Gasteiger partial charge >= 0.3 is 0 Å². The quantitative estimate of drug-likeness (QED) is 0.621. The molecule has 3 aromatic rings. The van der Waals surface area contributed by atoms with E-state index in [0.29, 0.717) is 17.4 Å². The summed E-state index contributed by atoms with van der Waals surface area (Å²) in [6.45, 7) is 4.08. The second kappa shape index (κ2) is 7.85. The molecule has 0 saturated carbocycles. The molecule has 3 heterocycles. The lowest BCUT2D eigenvalue weighted by atomic mass is 10.2. The molecule has 0 spiro atoms. The van der Waals surface area contributed by atoms with Crippen LogP contribution in [0.1, 0.15) is 0 Å². The van der Waals surface area contributed by atoms with Crippen LogP contribution in [0, 0.1) is 4.84 Å². The SMILES string of the molecule is COc1ccc(-c2nn(CN3CCN(c4ncccn4)CC3)c(=S)o2)cc1. The predicted molar refractivity (Wildman–Crippen MR) is 103 cm³/mol. The van der Waals surface area contributed by atoms with E-state index in [1.165, 1.54) is 0 Å². The van der Waals surface area contributed by atoms with Crippen molar-refractivity contribution in [3.63, 3.8) is 0 Å². The summed E-state index contributed by atoms with van der Waals surface area (Å²) in [6, 6.07) is 9.38. The number of piperazine rings is 1. The molecule has 1 aromatic carbocycles. The van der Waals surface area contributed by atoms with Crippen LogP contribution in [0.5, 0.6) is 5.75 Å². The van der Waals surface area contributed by atoms with Crippen molar-refractivity contribution in [3.05, 3.63) is 47.6 Å². The molecule has 0 unspecified atom stereocenters. The van der Waals surface area contributed by atoms with Crippen molar-refractivity contribution < 1.29 is 9.15 Å². The van der Waals surface area contributed by atoms with Crippen LogP contribution in [0.15, 0.2) is 47.1 Å². The number of ether oxygens (including phenoxy) is 1. The van der Waals surface area contributed by atoms with Crippen LogP contribution < -0.4 is 9.64 Å². The highest BCUT2D eigenvalue weighted by Gasteiger charge is 2.20. The number of methoxy groups -OCH3 is 1. The first-order valence-electron chi connectivity index (χ1n) is 8.69. The van der Waals surface area contributed by atoms with E-state index in [4.69, 9.17) is 21.4 Å². The Labute approximate surface area is 162 Å². The number of anilines is 1. The van der Waals surface area contributed by atoms with Gasteiger partial charge in [-0.2, -0.15) is 0 Å². The Balaban J connectivity index is 1.40. The molecule has 1 aliphatic rings. The van der Waals surface area contributed by atoms with Crippen LogP contribution in [0.25, 0.3) is 11.5 Å². The molecule has 4 rings (SSSR count). The molecule has 1 aliphatic heterocycles. The molecule has 0 bridgehead atoms. The van der Waals surface area contributed by atoms with Crippen LogP contribution in [0.2, 0.25) is 0 Å². The monoisotopic (exact) mass is 384 g/mol. The van der Waals surface area contributed by atoms with E-state index in [0.717, 1.165) is 43.4 Å². The van der Waals surface area contributed by atoms with Gasteiger partial charge in [0.1, 0.15) is 5.75 Å². The van der Waals surface area contributed by atoms with Gasteiger partial charge in [-0.05, 0) is 42.5 Å². The summed E-state index contributed by atoms with van der Waals surface area (Å²) in [4.78, 5) is 13.5. The van der Waals surface area contributed by atoms with Crippen molar-refractivity contribution in [2.75, 3.05) is 38.2 Å². The number of nitrogens with zero attached hydrogens (tertiary/aromatic N) is 6. The zero-order valence-electron chi connectivity index (χ0n) is 15.0. The van der Waals surface area contributed by atoms with Gasteiger partial charge < -0.3 is 14.1 Å². The van der Waals surface area contributed by atoms with Gasteiger partial charge in [0, 0.05) is 44.1 Å². The third-order valence-electron chi connectivity index (χ3n) is 4.48. The Morgan fingerprint density at radius 2 is 1.78 bits per heavy atom. The molecule has 140 valence electrons. The normalized spacial score (nSPS) is 15.1. The molecular weight excluding hydrogens is 364 g/mol. The Hall–Kier alpha value is -2.78. The summed E-state index contributed by atoms with van der Waals surface area (Å²) in [5.74, 6) is 2.08. The number of hydrogen-bond acceptors (Lipinski definition) is 8. The lowest BCUT2D eigenvalue weighted by Crippen LogP contribution is -2.47. The summed E-state index contributed by atoms with van der Waals surface area (Å²) in [5, 5.41) is 4.53. The Bertz CT molecular complexity index is 932. The Morgan fingerprint density at radius 3 is 2.44 bits per heavy atom. The second-order valence-corrected chi connectivity index (χ2v) is 6.55. The van der Waals surface area contributed by atoms with E-state index < -0.39 is 0 Å². The largest absolute Gasteiger partial charge is 0.497 e. The minimum atomic E-state index is 0.370. The molecule has 0 aliphatic carbocycles. The van der Waals surface area contributed by atoms with Crippen molar-refractivity contribution in [1.29, 1.82) is 0 Å². The molecule has 0 N–H and O–H groups in total. The minimum Gasteiger partial charge on any atom is -0.497 e. The topological polar surface area (TPSA) is 72.5 Å². The van der Waals surface area contributed by atoms with Gasteiger partial charge in [-0.1, -0.05) is 0 Å². The molecule has 0 atom stereocenters. The standard InChI is InChI=1S/C18H20N6O2S/c1-25-15-5-3-14(4-6-15)16-21-24(18(27)26-16)13-22-9-11-23(12-10-22)17-19-7-2-8-20-17/h2-8H,9-13H2,1H3. The lowest BCUT2D eigenvalue weighted by molar-refractivity contribution is 0.191. The zero-order valence-corrected chi connectivity index (χ0v) is 15.8. The maximum absolute atomic E-state index is 5.67. The van der Waals surface area contributed by atoms with Crippen molar-refractivity contribution in [2.24, 2.45) is 0 Å². The Kier molecular flexibility index (Phi) is 5.12. The van der Waals surface area contributed by atoms with Gasteiger partial charge in [0.05, 0.1) is 13.8 Å². The summed E-state index contributed by atoms with van der Waals surface area (Å²) < 4.78 is 12.6. The van der Waals surface area contributed by atoms with Gasteiger partial charge in [0.15, 0.2) is 0 Å². The van der Waals surface area contributed by atoms with Gasteiger partial charge in [-0.25, -0.2) is 14.6 Å². The van der Waals surface area contributed by atoms with Crippen LogP contribution >= 0.6 is 12.2 Å². The van der Waals surface area contributed by atoms with Crippen molar-refractivity contribution in [1.82, 2.24) is 24.6 Å². The van der Waals surface area contributed by atoms with E-state index in [1.807, 2.05) is 30.3 Å². The van der Waals surface area contributed by atoms with E-state index >= 15 is 0 Å². The highest BCUT2D eigenvalue weighted by Crippen LogP contribution is 2.21. The van der Waals surface area contributed by atoms with Crippen LogP contribution in [-0.2, 0) is 6.67 Å². The summed E-state index contributed by atoms with van der Waals surface area (Å²) in [7, 11) is 1.64. The zero-order chi connectivity index (χ0) is 18.6. The molecule has 0 radical (unpaired) electrons. The van der Waals surface area contributed by atoms with E-state index in [1.54, 1.807) is 24.2 Å². The summed E-state index contributed by atoms with van der Waals surface area (Å²) in [6.07, 6.45) is 3.54. The molecule has 8 nitrogen and oxygen atoms in total. The smallest absolute Gasteiger partial charge is 0.288 e. The average molecular weight is 384 g/mol. The second-order valence-electron chi connectivity index (χ2n) is 6.20. The first-order valence-corrected chi connectivity index (χ1v) is 9.10. The number of hydrogen-bond donors (Lipinski definition) is 0. The maximum Gasteiger partial charge on any atom is 0.288 e. The van der Waals surface area contributed by atoms with E-state index in [-0.39, 0.29) is 0 Å². The summed E-state index contributed by atoms with van der Waals surface area (Å²) in [5.41, 5.74) is 0.867. The van der Waals surface area contributed by atoms with Crippen LogP contribution in [0.4, 0.5) is 5.95 Å². The van der Waals surface area contributed by atoms with Gasteiger partial charge in [-0.3, -0.25) is 4.90 Å². The average Bonchev–Trinajstić information content (AvgIpc) is 3.09. The highest BCUT2D eigenvalue weighted by molar-refractivity contribution is 7.71. The minimum absolute atomic E-state index is 0.370. The molecular formula is C18H20N6O2S. The van der Waals surface area contributed by atoms with Crippen molar-refractivity contribution in [2.45, 2.75) is 6.67 Å². The van der Waals surface area contributed by atoms with Gasteiger partial charge in [-0.15, -0.1) is 5.10 Å². The number of rotatable bonds is 5. The summed E-state index contributed by atoms with van der Waals surface area (Å²) >= 11 is 5.34. The number of aromatic nitrogens is 4. The van der Waals surface area contributed by atoms with Gasteiger partial charge in [0.2, 0.25) is 11.8 Å². The maximum atomic E-state index is 5.67. The molecule has 2 aromatic heterocycles. The predicted octanol–water partition coefficient (Wildman–Crippen LogP) is 2.45. The fourth-order valence-corrected chi connectivity index (χ4v) is 3.16. The van der Waals surface area contributed by atoms with Crippen LogP contribution in [-0.4, -0.2) is 57.9 Å². The molecule has 1 saturated heterocycles. The molecule has 1 fully saturated rings. The van der Waals surface area contributed by atoms with E-state index in [9.17, 15) is 0 Å². The fraction of sp³-hybridized carbons (Fsp3) is 0.333. The third kappa shape index (κ3) is 3.99. The Morgan fingerprint density at radius 1 is 1.07 bits per heavy atom. The first kappa shape index (κ1) is 17.6. The number of benzene rings is 1. The third-order valence-corrected chi connectivity index (χ3v) is 4.78. The molecule has 9 heteroatoms.